The van der Waals surface area contributed by atoms with E-state index in [-0.39, 0.29) is 13.0 Å². The molecule has 0 atom stereocenters. The standard InChI is InChI=1S/C18H18F2N4O/c19-16(20)10-22-9-12-4-6-15(7-5-12)24-11-14-3-1-2-13(8-17(21)25)18(14)23-24/h1-7,11,16,22H,8-10H2,(H2,21,25). The summed E-state index contributed by atoms with van der Waals surface area (Å²) < 4.78 is 26.0. The molecule has 3 aromatic rings. The van der Waals surface area contributed by atoms with E-state index in [1.54, 1.807) is 4.68 Å². The molecule has 0 saturated heterocycles. The molecule has 0 spiro atoms. The number of rotatable bonds is 7. The van der Waals surface area contributed by atoms with E-state index in [4.69, 9.17) is 5.73 Å². The molecule has 1 aromatic heterocycles. The van der Waals surface area contributed by atoms with Gasteiger partial charge in [-0.1, -0.05) is 30.3 Å². The van der Waals surface area contributed by atoms with Crippen LogP contribution >= 0.6 is 0 Å². The average molecular weight is 344 g/mol. The third-order valence-electron chi connectivity index (χ3n) is 3.81. The summed E-state index contributed by atoms with van der Waals surface area (Å²) in [6.07, 6.45) is -0.335. The second-order valence-corrected chi connectivity index (χ2v) is 5.76. The maximum absolute atomic E-state index is 12.1. The number of alkyl halides is 2. The Balaban J connectivity index is 1.80. The first-order chi connectivity index (χ1) is 12.0. The summed E-state index contributed by atoms with van der Waals surface area (Å²) in [5, 5.41) is 8.15. The Hall–Kier alpha value is -2.80. The Morgan fingerprint density at radius 3 is 2.64 bits per heavy atom. The minimum atomic E-state index is -2.36. The van der Waals surface area contributed by atoms with E-state index < -0.39 is 12.3 Å². The van der Waals surface area contributed by atoms with Crippen molar-refractivity contribution in [3.05, 3.63) is 59.8 Å². The monoisotopic (exact) mass is 344 g/mol. The Morgan fingerprint density at radius 1 is 1.20 bits per heavy atom. The first-order valence-electron chi connectivity index (χ1n) is 7.86. The molecule has 0 saturated carbocycles. The van der Waals surface area contributed by atoms with Crippen LogP contribution in [0.2, 0.25) is 0 Å². The van der Waals surface area contributed by atoms with Crippen molar-refractivity contribution >= 4 is 16.8 Å². The number of primary amides is 1. The Labute approximate surface area is 143 Å². The molecule has 25 heavy (non-hydrogen) atoms. The van der Waals surface area contributed by atoms with Crippen molar-refractivity contribution in [2.45, 2.75) is 19.4 Å². The van der Waals surface area contributed by atoms with Crippen LogP contribution < -0.4 is 11.1 Å². The minimum Gasteiger partial charge on any atom is -0.369 e. The van der Waals surface area contributed by atoms with Crippen LogP contribution in [0, 0.1) is 0 Å². The predicted octanol–water partition coefficient (Wildman–Crippen LogP) is 2.41. The lowest BCUT2D eigenvalue weighted by Gasteiger charge is -2.06. The van der Waals surface area contributed by atoms with E-state index in [1.165, 1.54) is 0 Å². The van der Waals surface area contributed by atoms with Gasteiger partial charge in [0.25, 0.3) is 6.43 Å². The van der Waals surface area contributed by atoms with E-state index in [0.29, 0.717) is 6.54 Å². The maximum atomic E-state index is 12.1. The van der Waals surface area contributed by atoms with Crippen LogP contribution in [0.15, 0.2) is 48.7 Å². The zero-order chi connectivity index (χ0) is 17.8. The molecule has 3 rings (SSSR count). The highest BCUT2D eigenvalue weighted by atomic mass is 19.3. The highest BCUT2D eigenvalue weighted by Crippen LogP contribution is 2.20. The fraction of sp³-hybridized carbons (Fsp3) is 0.222. The molecule has 1 heterocycles. The number of amides is 1. The molecule has 0 radical (unpaired) electrons. The number of carbonyl (C=O) groups is 1. The molecule has 5 nitrogen and oxygen atoms in total. The van der Waals surface area contributed by atoms with Gasteiger partial charge in [0.1, 0.15) is 0 Å². The van der Waals surface area contributed by atoms with E-state index in [1.807, 2.05) is 48.7 Å². The lowest BCUT2D eigenvalue weighted by atomic mass is 10.1. The number of aromatic nitrogens is 2. The molecule has 0 unspecified atom stereocenters. The number of halogens is 2. The highest BCUT2D eigenvalue weighted by Gasteiger charge is 2.09. The van der Waals surface area contributed by atoms with Crippen LogP contribution in [-0.4, -0.2) is 28.7 Å². The lowest BCUT2D eigenvalue weighted by Crippen LogP contribution is -2.20. The minimum absolute atomic E-state index is 0.142. The Kier molecular flexibility index (Phi) is 5.04. The van der Waals surface area contributed by atoms with Crippen molar-refractivity contribution < 1.29 is 13.6 Å². The summed E-state index contributed by atoms with van der Waals surface area (Å²) in [6.45, 7) is 0.0589. The van der Waals surface area contributed by atoms with Crippen molar-refractivity contribution in [3.63, 3.8) is 0 Å². The quantitative estimate of drug-likeness (QED) is 0.691. The molecule has 0 fully saturated rings. The Morgan fingerprint density at radius 2 is 1.96 bits per heavy atom. The van der Waals surface area contributed by atoms with Gasteiger partial charge in [-0.25, -0.2) is 13.5 Å². The maximum Gasteiger partial charge on any atom is 0.250 e. The van der Waals surface area contributed by atoms with Crippen LogP contribution in [0.1, 0.15) is 11.1 Å². The molecule has 0 aliphatic heterocycles. The lowest BCUT2D eigenvalue weighted by molar-refractivity contribution is -0.117. The number of carbonyl (C=O) groups excluding carboxylic acids is 1. The second-order valence-electron chi connectivity index (χ2n) is 5.76. The van der Waals surface area contributed by atoms with Gasteiger partial charge in [-0.15, -0.1) is 0 Å². The molecule has 0 aliphatic carbocycles. The normalized spacial score (nSPS) is 11.3. The smallest absolute Gasteiger partial charge is 0.250 e. The molecular formula is C18H18F2N4O. The van der Waals surface area contributed by atoms with Gasteiger partial charge in [0.2, 0.25) is 5.91 Å². The van der Waals surface area contributed by atoms with Crippen molar-refractivity contribution in [1.29, 1.82) is 0 Å². The van der Waals surface area contributed by atoms with Crippen LogP contribution in [0.4, 0.5) is 8.78 Å². The molecule has 3 N–H and O–H groups in total. The largest absolute Gasteiger partial charge is 0.369 e. The fourth-order valence-corrected chi connectivity index (χ4v) is 2.66. The van der Waals surface area contributed by atoms with Crippen molar-refractivity contribution in [2.75, 3.05) is 6.54 Å². The zero-order valence-electron chi connectivity index (χ0n) is 13.5. The molecule has 7 heteroatoms. The molecular weight excluding hydrogens is 326 g/mol. The van der Waals surface area contributed by atoms with Crippen molar-refractivity contribution in [1.82, 2.24) is 15.1 Å². The zero-order valence-corrected chi connectivity index (χ0v) is 13.5. The number of benzene rings is 2. The van der Waals surface area contributed by atoms with E-state index in [2.05, 4.69) is 10.4 Å². The van der Waals surface area contributed by atoms with Crippen molar-refractivity contribution in [3.8, 4) is 5.69 Å². The van der Waals surface area contributed by atoms with Gasteiger partial charge >= 0.3 is 0 Å². The summed E-state index contributed by atoms with van der Waals surface area (Å²) >= 11 is 0. The van der Waals surface area contributed by atoms with Gasteiger partial charge in [0.15, 0.2) is 0 Å². The molecule has 2 aromatic carbocycles. The number of fused-ring (bicyclic) bond motifs is 1. The van der Waals surface area contributed by atoms with Crippen LogP contribution in [0.25, 0.3) is 16.6 Å². The van der Waals surface area contributed by atoms with E-state index >= 15 is 0 Å². The third kappa shape index (κ3) is 4.19. The van der Waals surface area contributed by atoms with Gasteiger partial charge < -0.3 is 11.1 Å². The van der Waals surface area contributed by atoms with Crippen LogP contribution in [0.3, 0.4) is 0 Å². The number of nitrogens with one attached hydrogen (secondary N) is 1. The second kappa shape index (κ2) is 7.40. The third-order valence-corrected chi connectivity index (χ3v) is 3.81. The number of nitrogens with two attached hydrogens (primary N) is 1. The van der Waals surface area contributed by atoms with Crippen LogP contribution in [-0.2, 0) is 17.8 Å². The van der Waals surface area contributed by atoms with Crippen LogP contribution in [0.5, 0.6) is 0 Å². The topological polar surface area (TPSA) is 72.9 Å². The molecule has 130 valence electrons. The summed E-state index contributed by atoms with van der Waals surface area (Å²) in [6, 6.07) is 13.1. The number of hydrogen-bond donors (Lipinski definition) is 2. The van der Waals surface area contributed by atoms with E-state index in [9.17, 15) is 13.6 Å². The van der Waals surface area contributed by atoms with Gasteiger partial charge in [-0.05, 0) is 23.3 Å². The first kappa shape index (κ1) is 17.0. The van der Waals surface area contributed by atoms with E-state index in [0.717, 1.165) is 27.7 Å². The average Bonchev–Trinajstić information content (AvgIpc) is 3.00. The van der Waals surface area contributed by atoms with Gasteiger partial charge in [-0.2, -0.15) is 5.10 Å². The summed E-state index contributed by atoms with van der Waals surface area (Å²) in [4.78, 5) is 11.2. The summed E-state index contributed by atoms with van der Waals surface area (Å²) in [5.74, 6) is -0.400. The predicted molar refractivity (Wildman–Crippen MR) is 91.7 cm³/mol. The molecule has 0 aliphatic rings. The molecule has 1 amide bonds. The van der Waals surface area contributed by atoms with Gasteiger partial charge in [0.05, 0.1) is 24.2 Å². The first-order valence-corrected chi connectivity index (χ1v) is 7.86. The fourth-order valence-electron chi connectivity index (χ4n) is 2.66. The van der Waals surface area contributed by atoms with Gasteiger partial charge in [0, 0.05) is 18.1 Å². The number of hydrogen-bond acceptors (Lipinski definition) is 3. The highest BCUT2D eigenvalue weighted by molar-refractivity contribution is 5.87. The number of nitrogens with zero attached hydrogens (tertiary/aromatic N) is 2. The summed E-state index contributed by atoms with van der Waals surface area (Å²) in [5.41, 5.74) is 8.57. The molecule has 0 bridgehead atoms. The van der Waals surface area contributed by atoms with Crippen molar-refractivity contribution in [2.24, 2.45) is 5.73 Å². The van der Waals surface area contributed by atoms with Gasteiger partial charge in [-0.3, -0.25) is 4.79 Å². The summed E-state index contributed by atoms with van der Waals surface area (Å²) in [7, 11) is 0. The SMILES string of the molecule is NC(=O)Cc1cccc2cn(-c3ccc(CNCC(F)F)cc3)nc12. The Bertz CT molecular complexity index is 874.